The Labute approximate surface area is 102 Å². The van der Waals surface area contributed by atoms with Crippen molar-refractivity contribution in [3.63, 3.8) is 0 Å². The summed E-state index contributed by atoms with van der Waals surface area (Å²) in [6.07, 6.45) is 5.12. The molecule has 0 aliphatic heterocycles. The van der Waals surface area contributed by atoms with Gasteiger partial charge in [-0.25, -0.2) is 0 Å². The van der Waals surface area contributed by atoms with Crippen molar-refractivity contribution >= 4 is 11.6 Å². The van der Waals surface area contributed by atoms with Crippen molar-refractivity contribution in [2.45, 2.75) is 13.3 Å². The largest absolute Gasteiger partial charge is 0.365 e. The van der Waals surface area contributed by atoms with Crippen LogP contribution in [0.4, 0.5) is 0 Å². The van der Waals surface area contributed by atoms with E-state index in [1.165, 1.54) is 0 Å². The van der Waals surface area contributed by atoms with Gasteiger partial charge in [-0.3, -0.25) is 0 Å². The minimum atomic E-state index is 0.455. The predicted molar refractivity (Wildman–Crippen MR) is 68.6 cm³/mol. The second kappa shape index (κ2) is 7.98. The molecule has 1 aromatic carbocycles. The fourth-order valence-corrected chi connectivity index (χ4v) is 1.21. The first-order valence-electron chi connectivity index (χ1n) is 5.30. The van der Waals surface area contributed by atoms with Crippen LogP contribution in [0.3, 0.4) is 0 Å². The average molecular weight is 235 g/mol. The Bertz CT molecular complexity index is 381. The first kappa shape index (κ1) is 12.8. The van der Waals surface area contributed by atoms with Crippen LogP contribution in [0.5, 0.6) is 0 Å². The molecule has 0 saturated carbocycles. The number of rotatable bonds is 4. The van der Waals surface area contributed by atoms with Crippen LogP contribution in [0.15, 0.2) is 36.4 Å². The van der Waals surface area contributed by atoms with Gasteiger partial charge in [0.25, 0.3) is 0 Å². The molecule has 0 spiro atoms. The van der Waals surface area contributed by atoms with Crippen LogP contribution in [-0.2, 0) is 4.74 Å². The lowest BCUT2D eigenvalue weighted by Crippen LogP contribution is -1.90. The summed E-state index contributed by atoms with van der Waals surface area (Å²) in [5.74, 6) is 5.95. The van der Waals surface area contributed by atoms with Crippen LogP contribution < -0.4 is 0 Å². The van der Waals surface area contributed by atoms with E-state index in [0.717, 1.165) is 17.0 Å². The Morgan fingerprint density at radius 2 is 2.00 bits per heavy atom. The molecule has 0 saturated heterocycles. The second-order valence-electron chi connectivity index (χ2n) is 3.20. The highest BCUT2D eigenvalue weighted by atomic mass is 35.5. The van der Waals surface area contributed by atoms with Gasteiger partial charge in [-0.2, -0.15) is 0 Å². The molecule has 0 heterocycles. The third-order valence-electron chi connectivity index (χ3n) is 1.87. The second-order valence-corrected chi connectivity index (χ2v) is 3.64. The first-order chi connectivity index (χ1) is 7.83. The topological polar surface area (TPSA) is 9.23 Å². The zero-order valence-electron chi connectivity index (χ0n) is 9.37. The molecule has 0 amide bonds. The number of hydrogen-bond donors (Lipinski definition) is 0. The standard InChI is InChI=1S/C14H15ClO/c1-2-3-4-11-16-12-5-6-13-7-9-14(15)10-8-13/h3-4,7-10H,2,11-12H2,1H3/b4-3-. The number of benzene rings is 1. The van der Waals surface area contributed by atoms with Crippen molar-refractivity contribution in [1.29, 1.82) is 0 Å². The smallest absolute Gasteiger partial charge is 0.108 e. The van der Waals surface area contributed by atoms with E-state index < -0.39 is 0 Å². The van der Waals surface area contributed by atoms with E-state index in [4.69, 9.17) is 16.3 Å². The zero-order chi connectivity index (χ0) is 11.6. The van der Waals surface area contributed by atoms with Crippen LogP contribution in [0, 0.1) is 11.8 Å². The number of ether oxygens (including phenoxy) is 1. The lowest BCUT2D eigenvalue weighted by Gasteiger charge is -1.92. The monoisotopic (exact) mass is 234 g/mol. The number of allylic oxidation sites excluding steroid dienone is 1. The summed E-state index contributed by atoms with van der Waals surface area (Å²) >= 11 is 5.76. The first-order valence-corrected chi connectivity index (χ1v) is 5.68. The van der Waals surface area contributed by atoms with E-state index >= 15 is 0 Å². The Hall–Kier alpha value is -1.23. The number of hydrogen-bond acceptors (Lipinski definition) is 1. The van der Waals surface area contributed by atoms with Crippen LogP contribution in [0.25, 0.3) is 0 Å². The highest BCUT2D eigenvalue weighted by molar-refractivity contribution is 6.30. The molecule has 1 rings (SSSR count). The molecule has 0 atom stereocenters. The highest BCUT2D eigenvalue weighted by Crippen LogP contribution is 2.08. The maximum Gasteiger partial charge on any atom is 0.108 e. The lowest BCUT2D eigenvalue weighted by molar-refractivity contribution is 0.199. The fourth-order valence-electron chi connectivity index (χ4n) is 1.08. The molecule has 0 aliphatic carbocycles. The molecule has 1 nitrogen and oxygen atoms in total. The number of halogens is 1. The van der Waals surface area contributed by atoms with Crippen molar-refractivity contribution in [1.82, 2.24) is 0 Å². The minimum absolute atomic E-state index is 0.455. The van der Waals surface area contributed by atoms with Crippen LogP contribution in [-0.4, -0.2) is 13.2 Å². The summed E-state index contributed by atoms with van der Waals surface area (Å²) in [6, 6.07) is 7.45. The summed E-state index contributed by atoms with van der Waals surface area (Å²) in [7, 11) is 0. The Morgan fingerprint density at radius 3 is 2.69 bits per heavy atom. The van der Waals surface area contributed by atoms with E-state index in [1.54, 1.807) is 0 Å². The molecule has 2 heteroatoms. The molecule has 0 fully saturated rings. The predicted octanol–water partition coefficient (Wildman–Crippen LogP) is 3.67. The van der Waals surface area contributed by atoms with E-state index in [1.807, 2.05) is 30.3 Å². The summed E-state index contributed by atoms with van der Waals surface area (Å²) in [6.45, 7) is 3.18. The van der Waals surface area contributed by atoms with Gasteiger partial charge < -0.3 is 4.74 Å². The van der Waals surface area contributed by atoms with E-state index in [9.17, 15) is 0 Å². The molecule has 0 N–H and O–H groups in total. The molecular formula is C14H15ClO. The van der Waals surface area contributed by atoms with Crippen molar-refractivity contribution < 1.29 is 4.74 Å². The molecule has 0 aromatic heterocycles. The Morgan fingerprint density at radius 1 is 1.25 bits per heavy atom. The highest BCUT2D eigenvalue weighted by Gasteiger charge is 1.86. The summed E-state index contributed by atoms with van der Waals surface area (Å²) in [5.41, 5.74) is 0.956. The van der Waals surface area contributed by atoms with Gasteiger partial charge in [0.15, 0.2) is 0 Å². The zero-order valence-corrected chi connectivity index (χ0v) is 10.1. The van der Waals surface area contributed by atoms with E-state index in [-0.39, 0.29) is 0 Å². The molecule has 0 bridgehead atoms. The molecule has 1 aromatic rings. The average Bonchev–Trinajstić information content (AvgIpc) is 2.30. The maximum absolute atomic E-state index is 5.76. The van der Waals surface area contributed by atoms with E-state index in [2.05, 4.69) is 24.8 Å². The normalized spacial score (nSPS) is 10.1. The molecule has 0 radical (unpaired) electrons. The van der Waals surface area contributed by atoms with Gasteiger partial charge >= 0.3 is 0 Å². The minimum Gasteiger partial charge on any atom is -0.365 e. The van der Waals surface area contributed by atoms with Crippen molar-refractivity contribution in [2.24, 2.45) is 0 Å². The van der Waals surface area contributed by atoms with E-state index in [0.29, 0.717) is 13.2 Å². The van der Waals surface area contributed by atoms with Crippen LogP contribution in [0.1, 0.15) is 18.9 Å². The Kier molecular flexibility index (Phi) is 6.41. The maximum atomic E-state index is 5.76. The molecule has 16 heavy (non-hydrogen) atoms. The van der Waals surface area contributed by atoms with Crippen molar-refractivity contribution in [3.8, 4) is 11.8 Å². The summed E-state index contributed by atoms with van der Waals surface area (Å²) in [4.78, 5) is 0. The van der Waals surface area contributed by atoms with Gasteiger partial charge in [0, 0.05) is 10.6 Å². The molecule has 84 valence electrons. The SMILES string of the molecule is CC/C=C\COCC#Cc1ccc(Cl)cc1. The van der Waals surface area contributed by atoms with Crippen LogP contribution in [0.2, 0.25) is 5.02 Å². The lowest BCUT2D eigenvalue weighted by atomic mass is 10.2. The Balaban J connectivity index is 2.27. The quantitative estimate of drug-likeness (QED) is 0.439. The molecular weight excluding hydrogens is 220 g/mol. The fraction of sp³-hybridized carbons (Fsp3) is 0.286. The van der Waals surface area contributed by atoms with Crippen molar-refractivity contribution in [3.05, 3.63) is 47.0 Å². The summed E-state index contributed by atoms with van der Waals surface area (Å²) in [5, 5.41) is 0.728. The third-order valence-corrected chi connectivity index (χ3v) is 2.12. The van der Waals surface area contributed by atoms with Gasteiger partial charge in [-0.15, -0.1) is 0 Å². The van der Waals surface area contributed by atoms with Crippen LogP contribution >= 0.6 is 11.6 Å². The van der Waals surface area contributed by atoms with Gasteiger partial charge in [0.2, 0.25) is 0 Å². The van der Waals surface area contributed by atoms with Gasteiger partial charge in [-0.05, 0) is 30.7 Å². The van der Waals surface area contributed by atoms with Gasteiger partial charge in [0.1, 0.15) is 6.61 Å². The molecule has 0 unspecified atom stereocenters. The molecule has 0 aliphatic rings. The summed E-state index contributed by atoms with van der Waals surface area (Å²) < 4.78 is 5.29. The third kappa shape index (κ3) is 5.60. The van der Waals surface area contributed by atoms with Crippen molar-refractivity contribution in [2.75, 3.05) is 13.2 Å². The van der Waals surface area contributed by atoms with Gasteiger partial charge in [0.05, 0.1) is 6.61 Å². The van der Waals surface area contributed by atoms with Gasteiger partial charge in [-0.1, -0.05) is 42.5 Å².